The van der Waals surface area contributed by atoms with E-state index in [0.717, 1.165) is 62.9 Å². The number of piperidine rings is 2. The molecular formula is C32H44ClN3O5. The maximum absolute atomic E-state index is 12.5. The Bertz CT molecular complexity index is 1090. The van der Waals surface area contributed by atoms with Crippen molar-refractivity contribution >= 4 is 23.8 Å². The summed E-state index contributed by atoms with van der Waals surface area (Å²) in [7, 11) is 0. The zero-order valence-electron chi connectivity index (χ0n) is 24.5. The Morgan fingerprint density at radius 3 is 2.15 bits per heavy atom. The summed E-state index contributed by atoms with van der Waals surface area (Å²) in [6.45, 7) is 9.97. The van der Waals surface area contributed by atoms with Gasteiger partial charge in [0.2, 0.25) is 0 Å². The maximum atomic E-state index is 12.5. The largest absolute Gasteiger partial charge is 0.445 e. The van der Waals surface area contributed by atoms with Crippen molar-refractivity contribution in [3.8, 4) is 0 Å². The van der Waals surface area contributed by atoms with E-state index in [1.807, 2.05) is 75.4 Å². The molecule has 1 atom stereocenters. The van der Waals surface area contributed by atoms with Crippen molar-refractivity contribution in [2.75, 3.05) is 32.7 Å². The molecule has 0 radical (unpaired) electrons. The SMILES string of the molecule is CC(C)(C)OC(=O)N[C@@H](CCN1CCC(OC2CCN(C(=O)OCc3ccccc3)CC2)CC1)c1ccc(Cl)cc1. The number of ether oxygens (including phenoxy) is 3. The van der Waals surface area contributed by atoms with Gasteiger partial charge in [-0.2, -0.15) is 0 Å². The van der Waals surface area contributed by atoms with Crippen molar-refractivity contribution in [2.24, 2.45) is 0 Å². The van der Waals surface area contributed by atoms with Gasteiger partial charge in [-0.15, -0.1) is 0 Å². The number of carbonyl (C=O) groups excluding carboxylic acids is 2. The number of nitrogens with one attached hydrogen (secondary N) is 1. The Hall–Kier alpha value is -2.81. The number of hydrogen-bond acceptors (Lipinski definition) is 6. The number of hydrogen-bond donors (Lipinski definition) is 1. The lowest BCUT2D eigenvalue weighted by atomic mass is 10.0. The van der Waals surface area contributed by atoms with E-state index in [9.17, 15) is 9.59 Å². The molecule has 0 bridgehead atoms. The molecule has 2 aliphatic rings. The minimum absolute atomic E-state index is 0.166. The van der Waals surface area contributed by atoms with E-state index < -0.39 is 11.7 Å². The van der Waals surface area contributed by atoms with Crippen LogP contribution in [0.1, 0.15) is 70.0 Å². The van der Waals surface area contributed by atoms with E-state index in [4.69, 9.17) is 25.8 Å². The molecule has 8 nitrogen and oxygen atoms in total. The molecule has 2 aromatic carbocycles. The first-order valence-electron chi connectivity index (χ1n) is 14.7. The van der Waals surface area contributed by atoms with Crippen LogP contribution in [0, 0.1) is 0 Å². The average Bonchev–Trinajstić information content (AvgIpc) is 2.95. The summed E-state index contributed by atoms with van der Waals surface area (Å²) in [5.74, 6) is 0. The first-order chi connectivity index (χ1) is 19.6. The second-order valence-corrected chi connectivity index (χ2v) is 12.4. The molecule has 224 valence electrons. The topological polar surface area (TPSA) is 80.3 Å². The highest BCUT2D eigenvalue weighted by Gasteiger charge is 2.29. The van der Waals surface area contributed by atoms with Crippen molar-refractivity contribution in [3.63, 3.8) is 0 Å². The maximum Gasteiger partial charge on any atom is 0.410 e. The molecule has 0 saturated carbocycles. The Morgan fingerprint density at radius 2 is 1.54 bits per heavy atom. The highest BCUT2D eigenvalue weighted by Crippen LogP contribution is 2.24. The predicted octanol–water partition coefficient (Wildman–Crippen LogP) is 6.58. The summed E-state index contributed by atoms with van der Waals surface area (Å²) in [6.07, 6.45) is 4.13. The first kappa shape index (κ1) is 31.1. The third-order valence-electron chi connectivity index (χ3n) is 7.52. The van der Waals surface area contributed by atoms with Gasteiger partial charge in [0.25, 0.3) is 0 Å². The molecule has 2 saturated heterocycles. The number of amides is 2. The number of rotatable bonds is 9. The molecule has 0 unspecified atom stereocenters. The van der Waals surface area contributed by atoms with Gasteiger partial charge in [-0.05, 0) is 76.1 Å². The minimum Gasteiger partial charge on any atom is -0.445 e. The van der Waals surface area contributed by atoms with Crippen LogP contribution < -0.4 is 5.32 Å². The van der Waals surface area contributed by atoms with Crippen LogP contribution in [0.15, 0.2) is 54.6 Å². The Kier molecular flexibility index (Phi) is 11.3. The van der Waals surface area contributed by atoms with E-state index in [2.05, 4.69) is 10.2 Å². The van der Waals surface area contributed by atoms with Crippen LogP contribution in [0.3, 0.4) is 0 Å². The average molecular weight is 586 g/mol. The van der Waals surface area contributed by atoms with Gasteiger partial charge in [0.05, 0.1) is 18.2 Å². The number of benzene rings is 2. The minimum atomic E-state index is -0.557. The summed E-state index contributed by atoms with van der Waals surface area (Å²) < 4.78 is 17.4. The number of carbonyl (C=O) groups is 2. The third kappa shape index (κ3) is 10.5. The molecular weight excluding hydrogens is 542 g/mol. The fraction of sp³-hybridized carbons (Fsp3) is 0.562. The molecule has 0 aromatic heterocycles. The van der Waals surface area contributed by atoms with Crippen LogP contribution >= 0.6 is 11.6 Å². The van der Waals surface area contributed by atoms with Crippen molar-refractivity contribution < 1.29 is 23.8 Å². The lowest BCUT2D eigenvalue weighted by Gasteiger charge is -2.37. The highest BCUT2D eigenvalue weighted by atomic mass is 35.5. The van der Waals surface area contributed by atoms with Gasteiger partial charge in [-0.25, -0.2) is 9.59 Å². The molecule has 2 heterocycles. The van der Waals surface area contributed by atoms with Gasteiger partial charge in [-0.3, -0.25) is 0 Å². The van der Waals surface area contributed by atoms with E-state index in [-0.39, 0.29) is 24.3 Å². The second-order valence-electron chi connectivity index (χ2n) is 11.9. The third-order valence-corrected chi connectivity index (χ3v) is 7.77. The molecule has 2 aliphatic heterocycles. The van der Waals surface area contributed by atoms with E-state index in [1.54, 1.807) is 4.90 Å². The molecule has 4 rings (SSSR count). The molecule has 9 heteroatoms. The first-order valence-corrected chi connectivity index (χ1v) is 15.1. The van der Waals surface area contributed by atoms with Crippen LogP contribution in [0.4, 0.5) is 9.59 Å². The number of alkyl carbamates (subject to hydrolysis) is 1. The summed E-state index contributed by atoms with van der Waals surface area (Å²) in [5.41, 5.74) is 1.44. The quantitative estimate of drug-likeness (QED) is 0.358. The van der Waals surface area contributed by atoms with Gasteiger partial charge in [0.1, 0.15) is 12.2 Å². The molecule has 41 heavy (non-hydrogen) atoms. The smallest absolute Gasteiger partial charge is 0.410 e. The summed E-state index contributed by atoms with van der Waals surface area (Å²) in [5, 5.41) is 3.71. The summed E-state index contributed by atoms with van der Waals surface area (Å²) >= 11 is 6.09. The molecule has 1 N–H and O–H groups in total. The van der Waals surface area contributed by atoms with Crippen molar-refractivity contribution in [3.05, 3.63) is 70.7 Å². The monoisotopic (exact) mass is 585 g/mol. The summed E-state index contributed by atoms with van der Waals surface area (Å²) in [4.78, 5) is 29.2. The highest BCUT2D eigenvalue weighted by molar-refractivity contribution is 6.30. The van der Waals surface area contributed by atoms with Crippen LogP contribution in [0.25, 0.3) is 0 Å². The summed E-state index contributed by atoms with van der Waals surface area (Å²) in [6, 6.07) is 17.2. The number of nitrogens with zero attached hydrogens (tertiary/aromatic N) is 2. The van der Waals surface area contributed by atoms with Crippen LogP contribution in [0.2, 0.25) is 5.02 Å². The van der Waals surface area contributed by atoms with Crippen LogP contribution in [0.5, 0.6) is 0 Å². The molecule has 2 aromatic rings. The molecule has 0 spiro atoms. The molecule has 2 amide bonds. The number of halogens is 1. The van der Waals surface area contributed by atoms with E-state index in [1.165, 1.54) is 0 Å². The fourth-order valence-corrected chi connectivity index (χ4v) is 5.43. The van der Waals surface area contributed by atoms with Crippen molar-refractivity contribution in [2.45, 2.75) is 83.3 Å². The van der Waals surface area contributed by atoms with Crippen molar-refractivity contribution in [1.82, 2.24) is 15.1 Å². The lowest BCUT2D eigenvalue weighted by molar-refractivity contribution is -0.0639. The van der Waals surface area contributed by atoms with Crippen LogP contribution in [-0.2, 0) is 20.8 Å². The Labute approximate surface area is 249 Å². The van der Waals surface area contributed by atoms with Gasteiger partial charge in [0, 0.05) is 37.7 Å². The van der Waals surface area contributed by atoms with Gasteiger partial charge < -0.3 is 29.3 Å². The number of likely N-dealkylation sites (tertiary alicyclic amines) is 2. The Balaban J connectivity index is 1.16. The second kappa shape index (κ2) is 14.9. The molecule has 0 aliphatic carbocycles. The predicted molar refractivity (Wildman–Crippen MR) is 160 cm³/mol. The zero-order valence-corrected chi connectivity index (χ0v) is 25.3. The van der Waals surface area contributed by atoms with E-state index in [0.29, 0.717) is 24.7 Å². The lowest BCUT2D eigenvalue weighted by Crippen LogP contribution is -2.44. The van der Waals surface area contributed by atoms with Gasteiger partial charge >= 0.3 is 12.2 Å². The van der Waals surface area contributed by atoms with Crippen LogP contribution in [-0.4, -0.2) is 72.5 Å². The van der Waals surface area contributed by atoms with E-state index >= 15 is 0 Å². The molecule has 2 fully saturated rings. The fourth-order valence-electron chi connectivity index (χ4n) is 5.30. The normalized spacial score (nSPS) is 18.1. The Morgan fingerprint density at radius 1 is 0.927 bits per heavy atom. The van der Waals surface area contributed by atoms with Gasteiger partial charge in [-0.1, -0.05) is 54.1 Å². The zero-order chi connectivity index (χ0) is 29.2. The van der Waals surface area contributed by atoms with Gasteiger partial charge in [0.15, 0.2) is 0 Å². The van der Waals surface area contributed by atoms with Crippen molar-refractivity contribution in [1.29, 1.82) is 0 Å². The standard InChI is InChI=1S/C32H44ClN3O5/c1-32(2,3)41-30(37)34-29(25-9-11-26(33)12-10-25)17-20-35-18-13-27(14-19-35)40-28-15-21-36(22-16-28)31(38)39-23-24-7-5-4-6-8-24/h4-12,27-29H,13-23H2,1-3H3,(H,34,37)/t29-/m0/s1.